The molecule has 110 valence electrons. The van der Waals surface area contributed by atoms with Crippen molar-refractivity contribution >= 4 is 23.6 Å². The highest BCUT2D eigenvalue weighted by atomic mass is 32.2. The van der Waals surface area contributed by atoms with E-state index in [0.717, 1.165) is 18.0 Å². The Kier molecular flexibility index (Phi) is 3.30. The van der Waals surface area contributed by atoms with Gasteiger partial charge in [-0.3, -0.25) is 4.79 Å². The van der Waals surface area contributed by atoms with E-state index in [0.29, 0.717) is 5.25 Å². The van der Waals surface area contributed by atoms with Crippen molar-refractivity contribution in [3.63, 3.8) is 0 Å². The van der Waals surface area contributed by atoms with Crippen LogP contribution in [-0.4, -0.2) is 57.5 Å². The predicted octanol–water partition coefficient (Wildman–Crippen LogP) is -0.155. The maximum atomic E-state index is 12.1. The average Bonchev–Trinajstić information content (AvgIpc) is 2.53. The minimum atomic E-state index is -1.05. The lowest BCUT2D eigenvalue weighted by molar-refractivity contribution is -0.163. The van der Waals surface area contributed by atoms with Crippen molar-refractivity contribution in [3.05, 3.63) is 10.6 Å². The second kappa shape index (κ2) is 4.75. The van der Waals surface area contributed by atoms with Gasteiger partial charge in [0.2, 0.25) is 5.91 Å². The fraction of sp³-hybridized carbons (Fsp3) is 0.692. The molecule has 3 aliphatic rings. The molecule has 6 nitrogen and oxygen atoms in total. The van der Waals surface area contributed by atoms with Crippen LogP contribution in [0, 0.1) is 11.8 Å². The van der Waals surface area contributed by atoms with E-state index in [4.69, 9.17) is 0 Å². The van der Waals surface area contributed by atoms with Crippen LogP contribution in [0.4, 0.5) is 0 Å². The molecule has 3 heterocycles. The van der Waals surface area contributed by atoms with E-state index in [2.05, 4.69) is 5.32 Å². The zero-order valence-electron chi connectivity index (χ0n) is 11.4. The van der Waals surface area contributed by atoms with Crippen LogP contribution in [0.15, 0.2) is 10.6 Å². The molecule has 2 fully saturated rings. The summed E-state index contributed by atoms with van der Waals surface area (Å²) in [6, 6.07) is -0.205. The number of amides is 1. The van der Waals surface area contributed by atoms with E-state index in [1.165, 1.54) is 4.90 Å². The molecule has 0 aromatic heterocycles. The summed E-state index contributed by atoms with van der Waals surface area (Å²) >= 11 is 1.56. The Morgan fingerprint density at radius 1 is 1.50 bits per heavy atom. The highest BCUT2D eigenvalue weighted by Crippen LogP contribution is 2.51. The van der Waals surface area contributed by atoms with Gasteiger partial charge in [-0.15, -0.1) is 11.8 Å². The molecule has 0 aromatic carbocycles. The van der Waals surface area contributed by atoms with Crippen molar-refractivity contribution in [2.45, 2.75) is 31.2 Å². The highest BCUT2D eigenvalue weighted by Gasteiger charge is 2.60. The SMILES string of the molecule is C[C@@H](O)[C@H]1C(=O)N2C(C(=O)O)=C(SC3CNC3)[C@H](C)[C@H]12. The number of carboxylic acids is 1. The Hall–Kier alpha value is -1.05. The predicted molar refractivity (Wildman–Crippen MR) is 73.9 cm³/mol. The lowest BCUT2D eigenvalue weighted by Crippen LogP contribution is -2.63. The smallest absolute Gasteiger partial charge is 0.353 e. The summed E-state index contributed by atoms with van der Waals surface area (Å²) in [5.74, 6) is -1.82. The maximum absolute atomic E-state index is 12.1. The van der Waals surface area contributed by atoms with Gasteiger partial charge in [-0.25, -0.2) is 4.79 Å². The van der Waals surface area contributed by atoms with Gasteiger partial charge < -0.3 is 20.4 Å². The number of carbonyl (C=O) groups excluding carboxylic acids is 1. The lowest BCUT2D eigenvalue weighted by atomic mass is 9.79. The maximum Gasteiger partial charge on any atom is 0.353 e. The van der Waals surface area contributed by atoms with Gasteiger partial charge in [-0.2, -0.15) is 0 Å². The van der Waals surface area contributed by atoms with Crippen molar-refractivity contribution in [2.75, 3.05) is 13.1 Å². The van der Waals surface area contributed by atoms with Crippen LogP contribution in [0.2, 0.25) is 0 Å². The number of carboxylic acid groups (broad SMARTS) is 1. The molecule has 0 spiro atoms. The largest absolute Gasteiger partial charge is 0.477 e. The molecule has 0 bridgehead atoms. The zero-order valence-corrected chi connectivity index (χ0v) is 12.2. The Balaban J connectivity index is 1.90. The van der Waals surface area contributed by atoms with Crippen molar-refractivity contribution in [1.82, 2.24) is 10.2 Å². The first-order valence-corrected chi connectivity index (χ1v) is 7.67. The molecule has 20 heavy (non-hydrogen) atoms. The minimum Gasteiger partial charge on any atom is -0.477 e. The number of hydrogen-bond donors (Lipinski definition) is 3. The Morgan fingerprint density at radius 3 is 2.60 bits per heavy atom. The van der Waals surface area contributed by atoms with E-state index >= 15 is 0 Å². The van der Waals surface area contributed by atoms with Crippen molar-refractivity contribution < 1.29 is 19.8 Å². The summed E-state index contributed by atoms with van der Waals surface area (Å²) in [5, 5.41) is 22.7. The molecule has 3 N–H and O–H groups in total. The average molecular weight is 298 g/mol. The summed E-state index contributed by atoms with van der Waals surface area (Å²) in [4.78, 5) is 25.8. The fourth-order valence-corrected chi connectivity index (χ4v) is 4.62. The summed E-state index contributed by atoms with van der Waals surface area (Å²) in [6.45, 7) is 5.27. The standard InChI is InChI=1S/C13H18N2O4S/c1-5-9-8(6(2)16)12(17)15(9)10(13(18)19)11(5)20-7-3-14-4-7/h5-9,14,16H,3-4H2,1-2H3,(H,18,19)/t5-,6-,8-,9-/m1/s1. The van der Waals surface area contributed by atoms with Crippen LogP contribution < -0.4 is 5.32 Å². The third-order valence-electron chi connectivity index (χ3n) is 4.35. The number of carbonyl (C=O) groups is 2. The number of β-lactam (4-membered cyclic amide) rings is 1. The molecule has 4 atom stereocenters. The van der Waals surface area contributed by atoms with Gasteiger partial charge in [0.15, 0.2) is 0 Å². The number of nitrogens with one attached hydrogen (secondary N) is 1. The summed E-state index contributed by atoms with van der Waals surface area (Å²) in [5.41, 5.74) is 0.126. The van der Waals surface area contributed by atoms with E-state index in [1.807, 2.05) is 6.92 Å². The van der Waals surface area contributed by atoms with E-state index < -0.39 is 18.0 Å². The number of aliphatic carboxylic acids is 1. The molecule has 3 rings (SSSR count). The second-order valence-electron chi connectivity index (χ2n) is 5.67. The van der Waals surface area contributed by atoms with Crippen LogP contribution >= 0.6 is 11.8 Å². The summed E-state index contributed by atoms with van der Waals surface area (Å²) in [7, 11) is 0. The molecule has 0 aliphatic carbocycles. The fourth-order valence-electron chi connectivity index (χ4n) is 3.20. The molecular weight excluding hydrogens is 280 g/mol. The molecule has 3 aliphatic heterocycles. The molecule has 1 amide bonds. The van der Waals surface area contributed by atoms with Crippen molar-refractivity contribution in [3.8, 4) is 0 Å². The van der Waals surface area contributed by atoms with Crippen LogP contribution in [-0.2, 0) is 9.59 Å². The van der Waals surface area contributed by atoms with Gasteiger partial charge in [0.05, 0.1) is 18.1 Å². The number of fused-ring (bicyclic) bond motifs is 1. The quantitative estimate of drug-likeness (QED) is 0.625. The Morgan fingerprint density at radius 2 is 2.15 bits per heavy atom. The normalized spacial score (nSPS) is 34.6. The third-order valence-corrected chi connectivity index (χ3v) is 5.83. The topological polar surface area (TPSA) is 89.9 Å². The molecule has 0 radical (unpaired) electrons. The molecular formula is C13H18N2O4S. The van der Waals surface area contributed by atoms with Crippen LogP contribution in [0.5, 0.6) is 0 Å². The highest BCUT2D eigenvalue weighted by molar-refractivity contribution is 8.03. The van der Waals surface area contributed by atoms with Gasteiger partial charge in [-0.1, -0.05) is 6.92 Å². The summed E-state index contributed by atoms with van der Waals surface area (Å²) < 4.78 is 0. The number of nitrogens with zero attached hydrogens (tertiary/aromatic N) is 1. The molecule has 0 saturated carbocycles. The minimum absolute atomic E-state index is 0.0241. The lowest BCUT2D eigenvalue weighted by Gasteiger charge is -2.46. The van der Waals surface area contributed by atoms with E-state index in [-0.39, 0.29) is 23.6 Å². The van der Waals surface area contributed by atoms with Gasteiger partial charge >= 0.3 is 5.97 Å². The first kappa shape index (κ1) is 13.9. The van der Waals surface area contributed by atoms with E-state index in [1.54, 1.807) is 18.7 Å². The number of aliphatic hydroxyl groups excluding tert-OH is 1. The van der Waals surface area contributed by atoms with Crippen LogP contribution in [0.25, 0.3) is 0 Å². The number of rotatable bonds is 4. The van der Waals surface area contributed by atoms with Crippen molar-refractivity contribution in [2.24, 2.45) is 11.8 Å². The molecule has 7 heteroatoms. The zero-order chi connectivity index (χ0) is 14.6. The molecule has 0 unspecified atom stereocenters. The van der Waals surface area contributed by atoms with Gasteiger partial charge in [-0.05, 0) is 6.92 Å². The van der Waals surface area contributed by atoms with Crippen molar-refractivity contribution in [1.29, 1.82) is 0 Å². The molecule has 0 aromatic rings. The third kappa shape index (κ3) is 1.80. The van der Waals surface area contributed by atoms with E-state index in [9.17, 15) is 19.8 Å². The number of hydrogen-bond acceptors (Lipinski definition) is 5. The van der Waals surface area contributed by atoms with Gasteiger partial charge in [0.25, 0.3) is 0 Å². The Labute approximate surface area is 121 Å². The first-order valence-electron chi connectivity index (χ1n) is 6.79. The van der Waals surface area contributed by atoms with Gasteiger partial charge in [0.1, 0.15) is 5.70 Å². The molecule has 2 saturated heterocycles. The number of thioether (sulfide) groups is 1. The first-order chi connectivity index (χ1) is 9.43. The summed E-state index contributed by atoms with van der Waals surface area (Å²) in [6.07, 6.45) is -0.740. The number of aliphatic hydroxyl groups is 1. The Bertz CT molecular complexity index is 501. The van der Waals surface area contributed by atoms with Gasteiger partial charge in [0, 0.05) is 29.2 Å². The van der Waals surface area contributed by atoms with Crippen LogP contribution in [0.3, 0.4) is 0 Å². The second-order valence-corrected chi connectivity index (χ2v) is 7.01. The monoisotopic (exact) mass is 298 g/mol. The van der Waals surface area contributed by atoms with Crippen LogP contribution in [0.1, 0.15) is 13.8 Å².